The molecule has 0 aliphatic heterocycles. The first kappa shape index (κ1) is 16.6. The second-order valence-electron chi connectivity index (χ2n) is 5.27. The smallest absolute Gasteiger partial charge is 0.234 e. The van der Waals surface area contributed by atoms with E-state index in [9.17, 15) is 4.79 Å². The number of thiocarbonyl (C=S) groups is 1. The van der Waals surface area contributed by atoms with Crippen LogP contribution >= 0.6 is 12.2 Å². The maximum atomic E-state index is 12.5. The van der Waals surface area contributed by atoms with Crippen molar-refractivity contribution in [3.63, 3.8) is 0 Å². The molecule has 1 aromatic carbocycles. The van der Waals surface area contributed by atoms with Crippen LogP contribution in [0.4, 0.5) is 5.69 Å². The molecule has 1 atom stereocenters. The van der Waals surface area contributed by atoms with E-state index >= 15 is 0 Å². The fourth-order valence-electron chi connectivity index (χ4n) is 2.36. The van der Waals surface area contributed by atoms with Crippen LogP contribution in [-0.2, 0) is 17.6 Å². The number of benzene rings is 1. The molecule has 1 amide bonds. The Balaban J connectivity index is 3.09. The van der Waals surface area contributed by atoms with Gasteiger partial charge in [0.2, 0.25) is 5.91 Å². The van der Waals surface area contributed by atoms with Crippen LogP contribution < -0.4 is 11.1 Å². The number of para-hydroxylation sites is 1. The maximum absolute atomic E-state index is 12.5. The molecule has 0 aliphatic carbocycles. The summed E-state index contributed by atoms with van der Waals surface area (Å²) in [6.07, 6.45) is 1.76. The first-order chi connectivity index (χ1) is 9.42. The van der Waals surface area contributed by atoms with E-state index in [1.54, 1.807) is 0 Å². The van der Waals surface area contributed by atoms with Crippen LogP contribution in [0.1, 0.15) is 38.8 Å². The minimum Gasteiger partial charge on any atom is -0.393 e. The number of rotatable bonds is 6. The topological polar surface area (TPSA) is 55.1 Å². The molecule has 1 rings (SSSR count). The zero-order valence-electron chi connectivity index (χ0n) is 12.7. The van der Waals surface area contributed by atoms with Crippen molar-refractivity contribution in [1.29, 1.82) is 0 Å². The highest BCUT2D eigenvalue weighted by Crippen LogP contribution is 2.24. The van der Waals surface area contributed by atoms with Crippen LogP contribution in [-0.4, -0.2) is 10.9 Å². The van der Waals surface area contributed by atoms with Gasteiger partial charge in [-0.2, -0.15) is 0 Å². The highest BCUT2D eigenvalue weighted by Gasteiger charge is 2.26. The fraction of sp³-hybridized carbons (Fsp3) is 0.500. The molecule has 0 saturated carbocycles. The lowest BCUT2D eigenvalue weighted by Gasteiger charge is -2.21. The van der Waals surface area contributed by atoms with Crippen LogP contribution in [0.2, 0.25) is 0 Å². The summed E-state index contributed by atoms with van der Waals surface area (Å²) in [5.74, 6) is -0.450. The predicted octanol–water partition coefficient (Wildman–Crippen LogP) is 3.31. The number of carbonyl (C=O) groups is 1. The van der Waals surface area contributed by atoms with Crippen LogP contribution in [0.5, 0.6) is 0 Å². The third-order valence-corrected chi connectivity index (χ3v) is 3.76. The number of amides is 1. The van der Waals surface area contributed by atoms with Crippen molar-refractivity contribution in [3.8, 4) is 0 Å². The number of anilines is 1. The fourth-order valence-corrected chi connectivity index (χ4v) is 2.74. The van der Waals surface area contributed by atoms with Gasteiger partial charge < -0.3 is 11.1 Å². The quantitative estimate of drug-likeness (QED) is 0.791. The first-order valence-electron chi connectivity index (χ1n) is 7.13. The lowest BCUT2D eigenvalue weighted by molar-refractivity contribution is -0.118. The Morgan fingerprint density at radius 2 is 1.75 bits per heavy atom. The zero-order chi connectivity index (χ0) is 15.3. The standard InChI is InChI=1S/C16H24N2OS/c1-5-11-8-7-9-12(6-2)14(11)18-16(19)13(10(3)4)15(17)20/h7-10,13H,5-6H2,1-4H3,(H2,17,20)(H,18,19). The molecule has 0 heterocycles. The van der Waals surface area contributed by atoms with Crippen molar-refractivity contribution in [2.75, 3.05) is 5.32 Å². The summed E-state index contributed by atoms with van der Waals surface area (Å²) in [6.45, 7) is 8.07. The van der Waals surface area contributed by atoms with Gasteiger partial charge in [-0.05, 0) is 29.9 Å². The molecule has 0 fully saturated rings. The number of nitrogens with one attached hydrogen (secondary N) is 1. The number of carbonyl (C=O) groups excluding carboxylic acids is 1. The molecule has 3 nitrogen and oxygen atoms in total. The molecular weight excluding hydrogens is 268 g/mol. The average molecular weight is 292 g/mol. The molecule has 1 aromatic rings. The van der Waals surface area contributed by atoms with Crippen molar-refractivity contribution in [1.82, 2.24) is 0 Å². The second kappa shape index (κ2) is 7.39. The Morgan fingerprint density at radius 1 is 1.25 bits per heavy atom. The van der Waals surface area contributed by atoms with Crippen molar-refractivity contribution in [2.24, 2.45) is 17.6 Å². The van der Waals surface area contributed by atoms with Gasteiger partial charge in [-0.1, -0.05) is 58.1 Å². The van der Waals surface area contributed by atoms with Gasteiger partial charge in [-0.15, -0.1) is 0 Å². The lowest BCUT2D eigenvalue weighted by Crippen LogP contribution is -2.37. The van der Waals surface area contributed by atoms with Crippen LogP contribution in [0, 0.1) is 11.8 Å². The Morgan fingerprint density at radius 3 is 2.10 bits per heavy atom. The minimum atomic E-state index is -0.431. The van der Waals surface area contributed by atoms with Crippen molar-refractivity contribution in [2.45, 2.75) is 40.5 Å². The van der Waals surface area contributed by atoms with Gasteiger partial charge in [0, 0.05) is 5.69 Å². The number of hydrogen-bond donors (Lipinski definition) is 2. The van der Waals surface area contributed by atoms with Gasteiger partial charge in [-0.3, -0.25) is 4.79 Å². The molecule has 4 heteroatoms. The van der Waals surface area contributed by atoms with E-state index < -0.39 is 5.92 Å². The van der Waals surface area contributed by atoms with Crippen molar-refractivity contribution < 1.29 is 4.79 Å². The molecule has 0 aromatic heterocycles. The summed E-state index contributed by atoms with van der Waals surface area (Å²) in [5.41, 5.74) is 8.91. The number of aryl methyl sites for hydroxylation is 2. The van der Waals surface area contributed by atoms with E-state index in [1.807, 2.05) is 32.0 Å². The average Bonchev–Trinajstić information content (AvgIpc) is 2.37. The van der Waals surface area contributed by atoms with Crippen LogP contribution in [0.15, 0.2) is 18.2 Å². The lowest BCUT2D eigenvalue weighted by atomic mass is 9.94. The first-order valence-corrected chi connectivity index (χ1v) is 7.54. The molecule has 0 saturated heterocycles. The SMILES string of the molecule is CCc1cccc(CC)c1NC(=O)C(C(N)=S)C(C)C. The summed E-state index contributed by atoms with van der Waals surface area (Å²) in [4.78, 5) is 12.7. The third-order valence-electron chi connectivity index (χ3n) is 3.50. The molecule has 20 heavy (non-hydrogen) atoms. The van der Waals surface area contributed by atoms with Crippen molar-refractivity contribution >= 4 is 28.8 Å². The largest absolute Gasteiger partial charge is 0.393 e. The van der Waals surface area contributed by atoms with Crippen molar-refractivity contribution in [3.05, 3.63) is 29.3 Å². The summed E-state index contributed by atoms with van der Waals surface area (Å²) in [7, 11) is 0. The van der Waals surface area contributed by atoms with Crippen LogP contribution in [0.25, 0.3) is 0 Å². The van der Waals surface area contributed by atoms with E-state index in [-0.39, 0.29) is 16.8 Å². The molecule has 1 unspecified atom stereocenters. The summed E-state index contributed by atoms with van der Waals surface area (Å²) in [6, 6.07) is 6.11. The highest BCUT2D eigenvalue weighted by molar-refractivity contribution is 7.80. The molecule has 110 valence electrons. The number of nitrogens with two attached hydrogens (primary N) is 1. The predicted molar refractivity (Wildman–Crippen MR) is 88.9 cm³/mol. The Bertz CT molecular complexity index is 475. The number of hydrogen-bond acceptors (Lipinski definition) is 2. The van der Waals surface area contributed by atoms with Gasteiger partial charge in [0.05, 0.1) is 10.9 Å². The maximum Gasteiger partial charge on any atom is 0.234 e. The molecule has 0 radical (unpaired) electrons. The van der Waals surface area contributed by atoms with E-state index in [4.69, 9.17) is 18.0 Å². The highest BCUT2D eigenvalue weighted by atomic mass is 32.1. The van der Waals surface area contributed by atoms with E-state index in [0.717, 1.165) is 29.7 Å². The minimum absolute atomic E-state index is 0.0892. The third kappa shape index (κ3) is 3.79. The molecule has 3 N–H and O–H groups in total. The van der Waals surface area contributed by atoms with E-state index in [1.165, 1.54) is 0 Å². The Kier molecular flexibility index (Phi) is 6.14. The molecule has 0 aliphatic rings. The van der Waals surface area contributed by atoms with Crippen LogP contribution in [0.3, 0.4) is 0 Å². The van der Waals surface area contributed by atoms with E-state index in [0.29, 0.717) is 0 Å². The van der Waals surface area contributed by atoms with Gasteiger partial charge in [0.15, 0.2) is 0 Å². The monoisotopic (exact) mass is 292 g/mol. The van der Waals surface area contributed by atoms with Gasteiger partial charge >= 0.3 is 0 Å². The zero-order valence-corrected chi connectivity index (χ0v) is 13.5. The molecular formula is C16H24N2OS. The van der Waals surface area contributed by atoms with Gasteiger partial charge in [0.1, 0.15) is 0 Å². The summed E-state index contributed by atoms with van der Waals surface area (Å²) < 4.78 is 0. The Labute approximate surface area is 126 Å². The normalized spacial score (nSPS) is 12.2. The molecule has 0 bridgehead atoms. The van der Waals surface area contributed by atoms with Gasteiger partial charge in [-0.25, -0.2) is 0 Å². The summed E-state index contributed by atoms with van der Waals surface area (Å²) >= 11 is 5.03. The van der Waals surface area contributed by atoms with E-state index in [2.05, 4.69) is 19.2 Å². The Hall–Kier alpha value is -1.42. The molecule has 0 spiro atoms. The summed E-state index contributed by atoms with van der Waals surface area (Å²) in [5, 5.41) is 3.04. The van der Waals surface area contributed by atoms with Gasteiger partial charge in [0.25, 0.3) is 0 Å². The second-order valence-corrected chi connectivity index (χ2v) is 5.74.